The normalized spacial score (nSPS) is 11.8. The van der Waals surface area contributed by atoms with Gasteiger partial charge in [-0.25, -0.2) is 39.9 Å². The van der Waals surface area contributed by atoms with Gasteiger partial charge in [0.2, 0.25) is 0 Å². The van der Waals surface area contributed by atoms with Gasteiger partial charge in [0.05, 0.1) is 11.0 Å². The fourth-order valence-electron chi connectivity index (χ4n) is 13.7. The van der Waals surface area contributed by atoms with Crippen LogP contribution in [0.25, 0.3) is 200 Å². The van der Waals surface area contributed by atoms with E-state index in [1.807, 2.05) is 140 Å². The van der Waals surface area contributed by atoms with Crippen LogP contribution in [0.3, 0.4) is 0 Å². The molecule has 0 fully saturated rings. The number of nitrogens with zero attached hydrogens (tertiary/aromatic N) is 8. The fourth-order valence-corrected chi connectivity index (χ4v) is 13.7. The lowest BCUT2D eigenvalue weighted by molar-refractivity contribution is 0.668. The standard InChI is InChI=1S/C86H50N8O2/c1-4-21-51(22-5-1)81-89-82(52-23-6-2-7-24-52)93-86(92-81)63-47-60(54-41-42-71-62(43-54)50-75-78(87-71)68-34-13-16-39-73(68)95-75)46-61(48-63)70-49-56-27-10-11-32-64(56)77-65(36-20-37-66(70)77)55-28-18-30-58(44-55)84-90-83(53-25-8-3-9-26-53)91-85(94-84)59-31-19-29-57(45-59)76-67-33-12-15-38-72(67)88-79-69-35-14-17-40-74(69)96-80(76)79/h1-50H. The molecule has 0 N–H and O–H groups in total. The molecule has 0 aliphatic rings. The Morgan fingerprint density at radius 3 is 1.35 bits per heavy atom. The molecule has 0 aliphatic carbocycles. The molecule has 96 heavy (non-hydrogen) atoms. The lowest BCUT2D eigenvalue weighted by Crippen LogP contribution is -2.00. The molecule has 19 aromatic rings. The van der Waals surface area contributed by atoms with Gasteiger partial charge in [0, 0.05) is 60.5 Å². The molecule has 0 atom stereocenters. The van der Waals surface area contributed by atoms with Crippen molar-refractivity contribution < 1.29 is 8.83 Å². The van der Waals surface area contributed by atoms with Gasteiger partial charge in [-0.1, -0.05) is 218 Å². The van der Waals surface area contributed by atoms with E-state index in [2.05, 4.69) is 164 Å². The SMILES string of the molecule is c1ccc(-c2nc(-c3ccccc3)nc(-c3cc(-c4ccc5nc6c(cc5c4)oc4ccccc46)cc(-c4cc5ccccc5c5c(-c6cccc(-c7nc(-c8ccccc8)nc(-c8cccc(-c9c%10ccccc%10nc%10c9oc9ccccc9%10)c8)n7)c6)cccc45)c3)n2)cc1. The van der Waals surface area contributed by atoms with Crippen molar-refractivity contribution >= 4 is 87.5 Å². The summed E-state index contributed by atoms with van der Waals surface area (Å²) in [5, 5.41) is 8.33. The number of aromatic nitrogens is 8. The molecule has 6 heterocycles. The Hall–Kier alpha value is -13.2. The van der Waals surface area contributed by atoms with E-state index in [9.17, 15) is 0 Å². The number of rotatable bonds is 10. The highest BCUT2D eigenvalue weighted by Gasteiger charge is 2.23. The molecule has 0 unspecified atom stereocenters. The zero-order chi connectivity index (χ0) is 63.2. The highest BCUT2D eigenvalue weighted by molar-refractivity contribution is 6.20. The summed E-state index contributed by atoms with van der Waals surface area (Å²) in [6.07, 6.45) is 0. The molecule has 19 rings (SSSR count). The first-order valence-electron chi connectivity index (χ1n) is 31.9. The number of hydrogen-bond donors (Lipinski definition) is 0. The summed E-state index contributed by atoms with van der Waals surface area (Å²) in [5.41, 5.74) is 19.7. The van der Waals surface area contributed by atoms with Crippen molar-refractivity contribution in [1.82, 2.24) is 39.9 Å². The van der Waals surface area contributed by atoms with Crippen LogP contribution in [0.5, 0.6) is 0 Å². The van der Waals surface area contributed by atoms with Crippen LogP contribution in [0.1, 0.15) is 0 Å². The summed E-state index contributed by atoms with van der Waals surface area (Å²) >= 11 is 0. The van der Waals surface area contributed by atoms with Crippen LogP contribution in [-0.4, -0.2) is 39.9 Å². The molecule has 6 aromatic heterocycles. The van der Waals surface area contributed by atoms with E-state index < -0.39 is 0 Å². The third-order valence-corrected chi connectivity index (χ3v) is 18.3. The van der Waals surface area contributed by atoms with Crippen LogP contribution in [0.4, 0.5) is 0 Å². The van der Waals surface area contributed by atoms with Crippen molar-refractivity contribution in [2.24, 2.45) is 0 Å². The zero-order valence-corrected chi connectivity index (χ0v) is 51.3. The summed E-state index contributed by atoms with van der Waals surface area (Å²) in [7, 11) is 0. The number of hydrogen-bond acceptors (Lipinski definition) is 10. The second-order valence-electron chi connectivity index (χ2n) is 24.2. The Balaban J connectivity index is 0.779. The molecular weight excluding hydrogens is 1180 g/mol. The molecule has 0 saturated carbocycles. The molecule has 10 nitrogen and oxygen atoms in total. The quantitative estimate of drug-likeness (QED) is 0.122. The Kier molecular flexibility index (Phi) is 12.7. The van der Waals surface area contributed by atoms with Crippen molar-refractivity contribution in [3.05, 3.63) is 303 Å². The smallest absolute Gasteiger partial charge is 0.164 e. The largest absolute Gasteiger partial charge is 0.454 e. The molecule has 0 radical (unpaired) electrons. The van der Waals surface area contributed by atoms with Gasteiger partial charge in [-0.15, -0.1) is 0 Å². The fraction of sp³-hybridized carbons (Fsp3) is 0. The molecule has 446 valence electrons. The maximum absolute atomic E-state index is 6.66. The molecule has 0 bridgehead atoms. The van der Waals surface area contributed by atoms with Gasteiger partial charge in [0.1, 0.15) is 22.2 Å². The van der Waals surface area contributed by atoms with Crippen molar-refractivity contribution in [3.63, 3.8) is 0 Å². The van der Waals surface area contributed by atoms with E-state index in [0.717, 1.165) is 165 Å². The molecule has 13 aromatic carbocycles. The van der Waals surface area contributed by atoms with E-state index in [4.69, 9.17) is 48.7 Å². The first-order valence-corrected chi connectivity index (χ1v) is 31.9. The molecule has 0 saturated heterocycles. The summed E-state index contributed by atoms with van der Waals surface area (Å²) in [6.45, 7) is 0. The predicted octanol–water partition coefficient (Wildman–Crippen LogP) is 21.9. The minimum Gasteiger partial charge on any atom is -0.454 e. The molecular formula is C86H50N8O2. The van der Waals surface area contributed by atoms with Gasteiger partial charge in [0.15, 0.2) is 46.1 Å². The third-order valence-electron chi connectivity index (χ3n) is 18.3. The average molecular weight is 1230 g/mol. The average Bonchev–Trinajstić information content (AvgIpc) is 1.41. The third kappa shape index (κ3) is 9.42. The van der Waals surface area contributed by atoms with Crippen molar-refractivity contribution in [1.29, 1.82) is 0 Å². The van der Waals surface area contributed by atoms with E-state index in [1.54, 1.807) is 0 Å². The first kappa shape index (κ1) is 54.5. The Labute approximate surface area is 549 Å². The Morgan fingerprint density at radius 1 is 0.208 bits per heavy atom. The second kappa shape index (κ2) is 22.3. The molecule has 0 amide bonds. The van der Waals surface area contributed by atoms with Crippen LogP contribution in [0.2, 0.25) is 0 Å². The lowest BCUT2D eigenvalue weighted by atomic mass is 9.87. The van der Waals surface area contributed by atoms with Gasteiger partial charge in [-0.05, 0) is 145 Å². The summed E-state index contributed by atoms with van der Waals surface area (Å²) < 4.78 is 13.1. The van der Waals surface area contributed by atoms with Gasteiger partial charge >= 0.3 is 0 Å². The molecule has 0 spiro atoms. The zero-order valence-electron chi connectivity index (χ0n) is 51.3. The summed E-state index contributed by atoms with van der Waals surface area (Å²) in [6, 6.07) is 105. The van der Waals surface area contributed by atoms with Crippen LogP contribution in [0.15, 0.2) is 312 Å². The van der Waals surface area contributed by atoms with Crippen LogP contribution >= 0.6 is 0 Å². The highest BCUT2D eigenvalue weighted by atomic mass is 16.3. The number of pyridine rings is 2. The lowest BCUT2D eigenvalue weighted by Gasteiger charge is -2.17. The molecule has 10 heteroatoms. The van der Waals surface area contributed by atoms with Gasteiger partial charge < -0.3 is 8.83 Å². The maximum atomic E-state index is 6.66. The molecule has 0 aliphatic heterocycles. The maximum Gasteiger partial charge on any atom is 0.164 e. The summed E-state index contributed by atoms with van der Waals surface area (Å²) in [4.78, 5) is 41.8. The van der Waals surface area contributed by atoms with Gasteiger partial charge in [-0.2, -0.15) is 0 Å². The Morgan fingerprint density at radius 2 is 0.677 bits per heavy atom. The minimum absolute atomic E-state index is 0.543. The monoisotopic (exact) mass is 1230 g/mol. The van der Waals surface area contributed by atoms with Crippen molar-refractivity contribution in [3.8, 4) is 113 Å². The Bertz CT molecular complexity index is 6290. The number of furan rings is 2. The summed E-state index contributed by atoms with van der Waals surface area (Å²) in [5.74, 6) is 3.37. The van der Waals surface area contributed by atoms with E-state index in [0.29, 0.717) is 34.9 Å². The van der Waals surface area contributed by atoms with E-state index in [1.165, 1.54) is 0 Å². The van der Waals surface area contributed by atoms with E-state index in [-0.39, 0.29) is 0 Å². The van der Waals surface area contributed by atoms with Crippen LogP contribution < -0.4 is 0 Å². The number of para-hydroxylation sites is 3. The first-order chi connectivity index (χ1) is 47.5. The topological polar surface area (TPSA) is 129 Å². The highest BCUT2D eigenvalue weighted by Crippen LogP contribution is 2.45. The van der Waals surface area contributed by atoms with Crippen molar-refractivity contribution in [2.45, 2.75) is 0 Å². The van der Waals surface area contributed by atoms with Crippen LogP contribution in [0, 0.1) is 0 Å². The van der Waals surface area contributed by atoms with Gasteiger partial charge in [0.25, 0.3) is 0 Å². The van der Waals surface area contributed by atoms with Gasteiger partial charge in [-0.3, -0.25) is 0 Å². The van der Waals surface area contributed by atoms with E-state index >= 15 is 0 Å². The predicted molar refractivity (Wildman–Crippen MR) is 388 cm³/mol. The van der Waals surface area contributed by atoms with Crippen molar-refractivity contribution in [2.75, 3.05) is 0 Å². The minimum atomic E-state index is 0.543. The number of fused-ring (bicyclic) bond motifs is 11. The second-order valence-corrected chi connectivity index (χ2v) is 24.2. The number of benzene rings is 13. The van der Waals surface area contributed by atoms with Crippen LogP contribution in [-0.2, 0) is 0 Å².